The average molecular weight is 567 g/mol. The summed E-state index contributed by atoms with van der Waals surface area (Å²) >= 11 is 6.81. The number of rotatable bonds is 5. The molecule has 0 saturated heterocycles. The van der Waals surface area contributed by atoms with Crippen LogP contribution >= 0.6 is 6.19 Å². The molecule has 4 aromatic rings. The van der Waals surface area contributed by atoms with Gasteiger partial charge >= 0.3 is 0 Å². The molecule has 202 valence electrons. The Kier molecular flexibility index (Phi) is 6.29. The predicted molar refractivity (Wildman–Crippen MR) is 166 cm³/mol. The predicted octanol–water partition coefficient (Wildman–Crippen LogP) is 6.09. The molecule has 1 unspecified atom stereocenters. The third kappa shape index (κ3) is 3.94. The number of aryl methyl sites for hydroxylation is 3. The molecule has 2 aromatic heterocycles. The zero-order chi connectivity index (χ0) is 28.2. The van der Waals surface area contributed by atoms with E-state index in [0.29, 0.717) is 13.0 Å². The quantitative estimate of drug-likeness (QED) is 0.295. The number of hydrogen-bond donors (Lipinski definition) is 1. The van der Waals surface area contributed by atoms with Gasteiger partial charge in [0, 0.05) is 41.4 Å². The number of nitriles is 1. The zero-order valence-corrected chi connectivity index (χ0v) is 25.0. The fourth-order valence-electron chi connectivity index (χ4n) is 5.98. The van der Waals surface area contributed by atoms with E-state index in [4.69, 9.17) is 27.0 Å². The largest absolute Gasteiger partial charge is 0.346 e. The van der Waals surface area contributed by atoms with Gasteiger partial charge in [-0.2, -0.15) is 15.5 Å². The molecule has 40 heavy (non-hydrogen) atoms. The highest BCUT2D eigenvalue weighted by Gasteiger charge is 2.46. The summed E-state index contributed by atoms with van der Waals surface area (Å²) in [6.07, 6.45) is -0.483. The van der Waals surface area contributed by atoms with E-state index in [-0.39, 0.29) is 5.41 Å². The Morgan fingerprint density at radius 1 is 1.05 bits per heavy atom. The van der Waals surface area contributed by atoms with Gasteiger partial charge in [0.15, 0.2) is 5.82 Å². The lowest BCUT2D eigenvalue weighted by Crippen LogP contribution is -2.29. The number of aliphatic imine (C=N–C) groups is 1. The number of nitrogens with one attached hydrogen (secondary N) is 1. The first-order chi connectivity index (χ1) is 19.2. The molecule has 2 aliphatic heterocycles. The molecule has 0 saturated carbocycles. The molecule has 0 bridgehead atoms. The second-order valence-corrected chi connectivity index (χ2v) is 14.7. The molecule has 2 aromatic carbocycles. The van der Waals surface area contributed by atoms with Crippen LogP contribution in [0, 0.1) is 25.2 Å². The molecule has 0 aliphatic carbocycles. The molecular formula is C30H31N8PS. The number of benzene rings is 2. The van der Waals surface area contributed by atoms with Crippen molar-refractivity contribution in [2.24, 2.45) is 4.99 Å². The number of anilines is 2. The lowest BCUT2D eigenvalue weighted by molar-refractivity contribution is 0.626. The Labute approximate surface area is 239 Å². The van der Waals surface area contributed by atoms with Crippen LogP contribution in [0.4, 0.5) is 17.3 Å². The van der Waals surface area contributed by atoms with Crippen LogP contribution in [0.5, 0.6) is 0 Å². The van der Waals surface area contributed by atoms with Gasteiger partial charge < -0.3 is 9.99 Å². The Hall–Kier alpha value is -3.99. The van der Waals surface area contributed by atoms with E-state index in [1.165, 1.54) is 11.3 Å². The Bertz CT molecular complexity index is 1790. The van der Waals surface area contributed by atoms with E-state index >= 15 is 0 Å². The molecule has 0 fully saturated rings. The minimum atomic E-state index is -2.77. The highest BCUT2D eigenvalue weighted by atomic mass is 32.4. The summed E-state index contributed by atoms with van der Waals surface area (Å²) in [7, 11) is 2.11. The first-order valence-corrected chi connectivity index (χ1v) is 16.0. The lowest BCUT2D eigenvalue weighted by Gasteiger charge is -2.35. The van der Waals surface area contributed by atoms with Crippen molar-refractivity contribution in [3.63, 3.8) is 0 Å². The summed E-state index contributed by atoms with van der Waals surface area (Å²) in [5, 5.41) is 24.7. The lowest BCUT2D eigenvalue weighted by atomic mass is 9.84. The zero-order valence-electron chi connectivity index (χ0n) is 23.3. The van der Waals surface area contributed by atoms with Gasteiger partial charge in [-0.3, -0.25) is 0 Å². The number of likely N-dealkylation sites (N-methyl/N-ethyl adjacent to an activating group) is 1. The van der Waals surface area contributed by atoms with E-state index < -0.39 is 6.19 Å². The van der Waals surface area contributed by atoms with Gasteiger partial charge in [0.05, 0.1) is 41.4 Å². The van der Waals surface area contributed by atoms with E-state index in [2.05, 4.69) is 61.2 Å². The third-order valence-corrected chi connectivity index (χ3v) is 11.8. The van der Waals surface area contributed by atoms with Gasteiger partial charge in [-0.25, -0.2) is 14.4 Å². The molecule has 10 heteroatoms. The minimum Gasteiger partial charge on any atom is -0.346 e. The van der Waals surface area contributed by atoms with Gasteiger partial charge in [0.25, 0.3) is 0 Å². The van der Waals surface area contributed by atoms with Crippen LogP contribution in [0.1, 0.15) is 37.2 Å². The van der Waals surface area contributed by atoms with Gasteiger partial charge in [-0.1, -0.05) is 62.1 Å². The summed E-state index contributed by atoms with van der Waals surface area (Å²) in [6, 6.07) is 22.9. The number of nitrogens with zero attached hydrogens (tertiary/aromatic N) is 7. The van der Waals surface area contributed by atoms with Gasteiger partial charge in [0.2, 0.25) is 0 Å². The van der Waals surface area contributed by atoms with Gasteiger partial charge in [-0.05, 0) is 37.6 Å². The van der Waals surface area contributed by atoms with E-state index in [0.717, 1.165) is 45.0 Å². The van der Waals surface area contributed by atoms with Crippen molar-refractivity contribution < 1.29 is 0 Å². The van der Waals surface area contributed by atoms with Crippen molar-refractivity contribution in [1.29, 1.82) is 5.26 Å². The van der Waals surface area contributed by atoms with Crippen LogP contribution in [-0.2, 0) is 23.8 Å². The van der Waals surface area contributed by atoms with Crippen LogP contribution in [0.15, 0.2) is 76.7 Å². The Morgan fingerprint density at radius 3 is 2.50 bits per heavy atom. The number of hydrogen-bond acceptors (Lipinski definition) is 6. The van der Waals surface area contributed by atoms with Crippen molar-refractivity contribution in [3.8, 4) is 11.8 Å². The SMILES string of the molecule is Cc1cc(NP2(=S)/C(=C3/N(C)c4ccccc4C3(C)C)C=Nc3c2c(C)nn3CCC#N)n(-c2ccccc2)n1. The standard InChI is InChI=1S/C30H31N8PS/c1-20-18-26(38(33-20)22-12-7-6-8-13-22)35-39(40)25(19-32-29-27(39)21(2)34-37(29)17-11-16-31)28-30(3,4)23-14-9-10-15-24(23)36(28)5/h6-10,12-15,18-19H,11,17H2,1-5H3,(H,35,40)/b28-25+. The second kappa shape index (κ2) is 9.58. The molecule has 4 heterocycles. The molecule has 1 N–H and O–H groups in total. The molecule has 2 aliphatic rings. The number of fused-ring (bicyclic) bond motifs is 2. The van der Waals surface area contributed by atoms with Crippen LogP contribution in [-0.4, -0.2) is 32.8 Å². The molecule has 0 spiro atoms. The number of aromatic nitrogens is 4. The summed E-state index contributed by atoms with van der Waals surface area (Å²) < 4.78 is 3.75. The van der Waals surface area contributed by atoms with E-state index in [1.54, 1.807) is 0 Å². The summed E-state index contributed by atoms with van der Waals surface area (Å²) in [5.41, 5.74) is 5.93. The maximum absolute atomic E-state index is 9.26. The number of para-hydroxylation sites is 2. The average Bonchev–Trinajstić information content (AvgIpc) is 3.53. The van der Waals surface area contributed by atoms with Crippen molar-refractivity contribution in [2.45, 2.75) is 46.1 Å². The Morgan fingerprint density at radius 2 is 1.77 bits per heavy atom. The molecule has 0 radical (unpaired) electrons. The smallest absolute Gasteiger partial charge is 0.161 e. The van der Waals surface area contributed by atoms with Crippen LogP contribution in [0.25, 0.3) is 5.69 Å². The van der Waals surface area contributed by atoms with Crippen LogP contribution in [0.3, 0.4) is 0 Å². The summed E-state index contributed by atoms with van der Waals surface area (Å²) in [4.78, 5) is 7.22. The van der Waals surface area contributed by atoms with E-state index in [1.807, 2.05) is 65.8 Å². The fourth-order valence-corrected chi connectivity index (χ4v) is 10.2. The first-order valence-electron chi connectivity index (χ1n) is 13.2. The normalized spacial score (nSPS) is 20.8. The second-order valence-electron chi connectivity index (χ2n) is 10.7. The molecule has 0 amide bonds. The van der Waals surface area contributed by atoms with Gasteiger partial charge in [0.1, 0.15) is 12.0 Å². The highest BCUT2D eigenvalue weighted by molar-refractivity contribution is 8.21. The molecule has 1 atom stereocenters. The third-order valence-electron chi connectivity index (χ3n) is 7.68. The monoisotopic (exact) mass is 566 g/mol. The maximum atomic E-state index is 9.26. The molecular weight excluding hydrogens is 535 g/mol. The van der Waals surface area contributed by atoms with Gasteiger partial charge in [-0.15, -0.1) is 0 Å². The summed E-state index contributed by atoms with van der Waals surface area (Å²) in [6.45, 7) is 8.95. The highest BCUT2D eigenvalue weighted by Crippen LogP contribution is 2.62. The van der Waals surface area contributed by atoms with Crippen LogP contribution in [0.2, 0.25) is 0 Å². The number of allylic oxidation sites excluding steroid dienone is 2. The fraction of sp³-hybridized carbons (Fsp3) is 0.267. The first kappa shape index (κ1) is 26.2. The maximum Gasteiger partial charge on any atom is 0.161 e. The topological polar surface area (TPSA) is 87.1 Å². The van der Waals surface area contributed by atoms with Crippen LogP contribution < -0.4 is 15.3 Å². The van der Waals surface area contributed by atoms with Crippen molar-refractivity contribution in [3.05, 3.63) is 88.6 Å². The molecule has 8 nitrogen and oxygen atoms in total. The van der Waals surface area contributed by atoms with E-state index in [9.17, 15) is 5.26 Å². The molecule has 6 rings (SSSR count). The Balaban J connectivity index is 1.61. The van der Waals surface area contributed by atoms with Crippen molar-refractivity contribution in [1.82, 2.24) is 19.6 Å². The van der Waals surface area contributed by atoms with Crippen molar-refractivity contribution in [2.75, 3.05) is 17.0 Å². The van der Waals surface area contributed by atoms with Crippen molar-refractivity contribution >= 4 is 46.8 Å². The summed E-state index contributed by atoms with van der Waals surface area (Å²) in [5.74, 6) is 1.55. The minimum absolute atomic E-state index is 0.295.